The van der Waals surface area contributed by atoms with Crippen molar-refractivity contribution < 1.29 is 4.74 Å². The number of nitrogens with zero attached hydrogens (tertiary/aromatic N) is 2. The summed E-state index contributed by atoms with van der Waals surface area (Å²) in [5, 5.41) is 9.99. The predicted molar refractivity (Wildman–Crippen MR) is 96.0 cm³/mol. The Morgan fingerprint density at radius 3 is 2.33 bits per heavy atom. The monoisotopic (exact) mass is 315 g/mol. The van der Waals surface area contributed by atoms with E-state index in [0.29, 0.717) is 0 Å². The molecule has 4 aromatic rings. The van der Waals surface area contributed by atoms with Gasteiger partial charge < -0.3 is 9.72 Å². The van der Waals surface area contributed by atoms with E-state index in [9.17, 15) is 0 Å². The SMILES string of the molecule is COc1ccccc1-c1ccc(-c2c[nH]c3c(C)cccc23)nn1. The summed E-state index contributed by atoms with van der Waals surface area (Å²) in [5.41, 5.74) is 6.01. The van der Waals surface area contributed by atoms with Crippen LogP contribution in [0.5, 0.6) is 5.75 Å². The van der Waals surface area contributed by atoms with Crippen LogP contribution in [-0.4, -0.2) is 22.3 Å². The topological polar surface area (TPSA) is 50.8 Å². The highest BCUT2D eigenvalue weighted by molar-refractivity contribution is 5.96. The number of aryl methyl sites for hydroxylation is 1. The maximum Gasteiger partial charge on any atom is 0.128 e. The number of aromatic nitrogens is 3. The van der Waals surface area contributed by atoms with Gasteiger partial charge in [0.1, 0.15) is 5.75 Å². The average Bonchev–Trinajstić information content (AvgIpc) is 3.07. The summed E-state index contributed by atoms with van der Waals surface area (Å²) >= 11 is 0. The lowest BCUT2D eigenvalue weighted by molar-refractivity contribution is 0.416. The van der Waals surface area contributed by atoms with Crippen molar-refractivity contribution in [2.45, 2.75) is 6.92 Å². The highest BCUT2D eigenvalue weighted by atomic mass is 16.5. The molecule has 0 saturated heterocycles. The molecule has 4 heteroatoms. The number of H-pyrrole nitrogens is 1. The molecule has 2 aromatic heterocycles. The van der Waals surface area contributed by atoms with E-state index < -0.39 is 0 Å². The summed E-state index contributed by atoms with van der Waals surface area (Å²) in [4.78, 5) is 3.33. The molecule has 0 saturated carbocycles. The van der Waals surface area contributed by atoms with Gasteiger partial charge in [-0.2, -0.15) is 0 Å². The van der Waals surface area contributed by atoms with Gasteiger partial charge in [0.05, 0.1) is 18.5 Å². The summed E-state index contributed by atoms with van der Waals surface area (Å²) in [6.07, 6.45) is 1.99. The van der Waals surface area contributed by atoms with Gasteiger partial charge >= 0.3 is 0 Å². The van der Waals surface area contributed by atoms with Gasteiger partial charge in [-0.05, 0) is 36.8 Å². The normalized spacial score (nSPS) is 10.9. The first kappa shape index (κ1) is 14.5. The molecule has 0 bridgehead atoms. The molecule has 0 amide bonds. The molecular formula is C20H17N3O. The van der Waals surface area contributed by atoms with Crippen LogP contribution < -0.4 is 4.74 Å². The zero-order valence-corrected chi connectivity index (χ0v) is 13.6. The van der Waals surface area contributed by atoms with Crippen molar-refractivity contribution in [1.29, 1.82) is 0 Å². The van der Waals surface area contributed by atoms with Crippen molar-refractivity contribution in [3.05, 3.63) is 66.4 Å². The summed E-state index contributed by atoms with van der Waals surface area (Å²) in [5.74, 6) is 0.794. The largest absolute Gasteiger partial charge is 0.496 e. The van der Waals surface area contributed by atoms with Crippen molar-refractivity contribution >= 4 is 10.9 Å². The van der Waals surface area contributed by atoms with Crippen LogP contribution >= 0.6 is 0 Å². The number of hydrogen-bond acceptors (Lipinski definition) is 3. The number of benzene rings is 2. The Hall–Kier alpha value is -3.14. The number of fused-ring (bicyclic) bond motifs is 1. The van der Waals surface area contributed by atoms with Gasteiger partial charge in [-0.15, -0.1) is 10.2 Å². The van der Waals surface area contributed by atoms with Crippen LogP contribution in [0.3, 0.4) is 0 Å². The molecular weight excluding hydrogens is 298 g/mol. The van der Waals surface area contributed by atoms with Crippen LogP contribution in [0.2, 0.25) is 0 Å². The lowest BCUT2D eigenvalue weighted by atomic mass is 10.1. The summed E-state index contributed by atoms with van der Waals surface area (Å²) in [6.45, 7) is 2.10. The molecule has 0 unspecified atom stereocenters. The lowest BCUT2D eigenvalue weighted by Gasteiger charge is -2.07. The number of rotatable bonds is 3. The van der Waals surface area contributed by atoms with Gasteiger partial charge in [0.25, 0.3) is 0 Å². The number of methoxy groups -OCH3 is 1. The molecule has 0 spiro atoms. The minimum atomic E-state index is 0.794. The molecule has 118 valence electrons. The van der Waals surface area contributed by atoms with Crippen LogP contribution in [0.15, 0.2) is 60.8 Å². The van der Waals surface area contributed by atoms with Crippen molar-refractivity contribution in [1.82, 2.24) is 15.2 Å². The highest BCUT2D eigenvalue weighted by Crippen LogP contribution is 2.31. The fourth-order valence-electron chi connectivity index (χ4n) is 2.99. The number of ether oxygens (including phenoxy) is 1. The minimum absolute atomic E-state index is 0.794. The summed E-state index contributed by atoms with van der Waals surface area (Å²) in [6, 6.07) is 18.1. The second-order valence-electron chi connectivity index (χ2n) is 5.70. The van der Waals surface area contributed by atoms with Crippen LogP contribution in [0, 0.1) is 6.92 Å². The highest BCUT2D eigenvalue weighted by Gasteiger charge is 2.11. The Morgan fingerprint density at radius 2 is 1.58 bits per heavy atom. The maximum absolute atomic E-state index is 5.40. The molecule has 4 nitrogen and oxygen atoms in total. The molecule has 0 aliphatic heterocycles. The number of para-hydroxylation sites is 2. The zero-order valence-electron chi connectivity index (χ0n) is 13.6. The molecule has 0 aliphatic rings. The standard InChI is InChI=1S/C20H17N3O/c1-13-6-5-8-14-16(12-21-20(13)14)18-11-10-17(22-23-18)15-7-3-4-9-19(15)24-2/h3-12,21H,1-2H3. The third kappa shape index (κ3) is 2.33. The first-order valence-corrected chi connectivity index (χ1v) is 7.82. The van der Waals surface area contributed by atoms with E-state index in [1.807, 2.05) is 42.6 Å². The van der Waals surface area contributed by atoms with E-state index in [0.717, 1.165) is 39.2 Å². The molecule has 4 rings (SSSR count). The van der Waals surface area contributed by atoms with Gasteiger partial charge in [-0.3, -0.25) is 0 Å². The van der Waals surface area contributed by atoms with E-state index in [2.05, 4.69) is 40.3 Å². The second-order valence-corrected chi connectivity index (χ2v) is 5.70. The predicted octanol–water partition coefficient (Wildman–Crippen LogP) is 4.61. The molecule has 0 aliphatic carbocycles. The molecule has 24 heavy (non-hydrogen) atoms. The minimum Gasteiger partial charge on any atom is -0.496 e. The third-order valence-electron chi connectivity index (χ3n) is 4.25. The number of nitrogens with one attached hydrogen (secondary N) is 1. The fraction of sp³-hybridized carbons (Fsp3) is 0.100. The van der Waals surface area contributed by atoms with Gasteiger partial charge in [0.2, 0.25) is 0 Å². The second kappa shape index (κ2) is 5.81. The van der Waals surface area contributed by atoms with E-state index in [1.165, 1.54) is 5.56 Å². The Morgan fingerprint density at radius 1 is 0.833 bits per heavy atom. The van der Waals surface area contributed by atoms with Gasteiger partial charge in [0.15, 0.2) is 0 Å². The Bertz CT molecular complexity index is 1000. The van der Waals surface area contributed by atoms with Gasteiger partial charge in [-0.25, -0.2) is 0 Å². The Kier molecular flexibility index (Phi) is 3.50. The van der Waals surface area contributed by atoms with Gasteiger partial charge in [0, 0.05) is 28.2 Å². The number of hydrogen-bond donors (Lipinski definition) is 1. The first-order valence-electron chi connectivity index (χ1n) is 7.82. The lowest BCUT2D eigenvalue weighted by Crippen LogP contribution is -1.93. The maximum atomic E-state index is 5.40. The molecule has 1 N–H and O–H groups in total. The van der Waals surface area contributed by atoms with Crippen LogP contribution in [0.4, 0.5) is 0 Å². The third-order valence-corrected chi connectivity index (χ3v) is 4.25. The van der Waals surface area contributed by atoms with Crippen molar-refractivity contribution in [2.75, 3.05) is 7.11 Å². The number of aromatic amines is 1. The van der Waals surface area contributed by atoms with E-state index >= 15 is 0 Å². The van der Waals surface area contributed by atoms with Crippen molar-refractivity contribution in [3.8, 4) is 28.3 Å². The summed E-state index contributed by atoms with van der Waals surface area (Å²) in [7, 11) is 1.66. The molecule has 0 radical (unpaired) electrons. The van der Waals surface area contributed by atoms with E-state index in [4.69, 9.17) is 4.74 Å². The van der Waals surface area contributed by atoms with Crippen LogP contribution in [0.25, 0.3) is 33.4 Å². The first-order chi connectivity index (χ1) is 11.8. The summed E-state index contributed by atoms with van der Waals surface area (Å²) < 4.78 is 5.40. The molecule has 0 fully saturated rings. The van der Waals surface area contributed by atoms with E-state index in [1.54, 1.807) is 7.11 Å². The fourth-order valence-corrected chi connectivity index (χ4v) is 2.99. The molecule has 2 aromatic carbocycles. The Balaban J connectivity index is 1.77. The van der Waals surface area contributed by atoms with Crippen molar-refractivity contribution in [3.63, 3.8) is 0 Å². The van der Waals surface area contributed by atoms with Crippen LogP contribution in [0.1, 0.15) is 5.56 Å². The van der Waals surface area contributed by atoms with Crippen molar-refractivity contribution in [2.24, 2.45) is 0 Å². The smallest absolute Gasteiger partial charge is 0.128 e. The zero-order chi connectivity index (χ0) is 16.5. The quantitative estimate of drug-likeness (QED) is 0.600. The molecule has 2 heterocycles. The van der Waals surface area contributed by atoms with E-state index in [-0.39, 0.29) is 0 Å². The van der Waals surface area contributed by atoms with Crippen LogP contribution in [-0.2, 0) is 0 Å². The Labute approximate surface area is 140 Å². The molecule has 0 atom stereocenters. The average molecular weight is 315 g/mol. The van der Waals surface area contributed by atoms with Gasteiger partial charge in [-0.1, -0.05) is 30.3 Å².